The van der Waals surface area contributed by atoms with Crippen molar-refractivity contribution in [3.8, 4) is 0 Å². The second kappa shape index (κ2) is 5.97. The van der Waals surface area contributed by atoms with Crippen LogP contribution in [0.1, 0.15) is 42.1 Å². The SMILES string of the molecule is CCOC1(c2cccc(C(N)=O)c2F)C2CCCC1CNC2. The molecule has 1 heterocycles. The van der Waals surface area contributed by atoms with E-state index in [1.54, 1.807) is 12.1 Å². The number of amides is 1. The van der Waals surface area contributed by atoms with Crippen molar-refractivity contribution < 1.29 is 13.9 Å². The molecule has 5 heteroatoms. The molecule has 1 aliphatic carbocycles. The van der Waals surface area contributed by atoms with Crippen molar-refractivity contribution in [2.75, 3.05) is 19.7 Å². The third-order valence-corrected chi connectivity index (χ3v) is 5.17. The number of ether oxygens (including phenoxy) is 1. The van der Waals surface area contributed by atoms with Gasteiger partial charge in [-0.15, -0.1) is 0 Å². The Morgan fingerprint density at radius 3 is 2.68 bits per heavy atom. The molecule has 2 fully saturated rings. The Hall–Kier alpha value is -1.46. The third-order valence-electron chi connectivity index (χ3n) is 5.17. The molecule has 3 rings (SSSR count). The van der Waals surface area contributed by atoms with Gasteiger partial charge in [-0.05, 0) is 25.8 Å². The largest absolute Gasteiger partial charge is 0.370 e. The summed E-state index contributed by atoms with van der Waals surface area (Å²) in [6.45, 7) is 4.09. The Balaban J connectivity index is 2.16. The van der Waals surface area contributed by atoms with Crippen LogP contribution in [0.25, 0.3) is 0 Å². The van der Waals surface area contributed by atoms with Gasteiger partial charge < -0.3 is 15.8 Å². The third kappa shape index (κ3) is 2.23. The van der Waals surface area contributed by atoms with E-state index in [0.717, 1.165) is 32.4 Å². The molecule has 2 atom stereocenters. The molecule has 0 spiro atoms. The fraction of sp³-hybridized carbons (Fsp3) is 0.588. The molecule has 1 aliphatic heterocycles. The predicted octanol–water partition coefficient (Wildman–Crippen LogP) is 2.18. The van der Waals surface area contributed by atoms with Crippen LogP contribution in [-0.4, -0.2) is 25.6 Å². The predicted molar refractivity (Wildman–Crippen MR) is 81.9 cm³/mol. The number of halogens is 1. The van der Waals surface area contributed by atoms with Gasteiger partial charge in [-0.3, -0.25) is 4.79 Å². The van der Waals surface area contributed by atoms with Crippen molar-refractivity contribution in [3.63, 3.8) is 0 Å². The van der Waals surface area contributed by atoms with Crippen molar-refractivity contribution in [1.29, 1.82) is 0 Å². The van der Waals surface area contributed by atoms with E-state index in [9.17, 15) is 9.18 Å². The number of primary amides is 1. The number of hydrogen-bond acceptors (Lipinski definition) is 3. The van der Waals surface area contributed by atoms with Gasteiger partial charge in [0, 0.05) is 37.1 Å². The van der Waals surface area contributed by atoms with Crippen molar-refractivity contribution in [1.82, 2.24) is 5.32 Å². The first-order valence-corrected chi connectivity index (χ1v) is 8.04. The fourth-order valence-electron chi connectivity index (χ4n) is 4.33. The molecule has 2 unspecified atom stereocenters. The van der Waals surface area contributed by atoms with Crippen LogP contribution in [0.15, 0.2) is 18.2 Å². The average molecular weight is 306 g/mol. The van der Waals surface area contributed by atoms with Crippen molar-refractivity contribution in [2.24, 2.45) is 17.6 Å². The summed E-state index contributed by atoms with van der Waals surface area (Å²) < 4.78 is 21.2. The molecule has 1 aromatic carbocycles. The zero-order valence-electron chi connectivity index (χ0n) is 12.9. The topological polar surface area (TPSA) is 64.3 Å². The number of piperidine rings is 1. The van der Waals surface area contributed by atoms with Gasteiger partial charge >= 0.3 is 0 Å². The highest BCUT2D eigenvalue weighted by Crippen LogP contribution is 2.50. The molecule has 2 bridgehead atoms. The van der Waals surface area contributed by atoms with E-state index in [1.807, 2.05) is 6.92 Å². The summed E-state index contributed by atoms with van der Waals surface area (Å²) in [5.74, 6) is -0.803. The van der Waals surface area contributed by atoms with Gasteiger partial charge in [0.2, 0.25) is 0 Å². The molecule has 4 nitrogen and oxygen atoms in total. The van der Waals surface area contributed by atoms with Crippen molar-refractivity contribution >= 4 is 5.91 Å². The van der Waals surface area contributed by atoms with Gasteiger partial charge in [0.15, 0.2) is 0 Å². The Morgan fingerprint density at radius 1 is 1.41 bits per heavy atom. The van der Waals surface area contributed by atoms with Crippen molar-refractivity contribution in [2.45, 2.75) is 31.8 Å². The summed E-state index contributed by atoms with van der Waals surface area (Å²) in [5, 5.41) is 3.43. The lowest BCUT2D eigenvalue weighted by Crippen LogP contribution is -2.58. The summed E-state index contributed by atoms with van der Waals surface area (Å²) in [7, 11) is 0. The number of nitrogens with one attached hydrogen (secondary N) is 1. The van der Waals surface area contributed by atoms with E-state index in [1.165, 1.54) is 6.07 Å². The van der Waals surface area contributed by atoms with E-state index in [-0.39, 0.29) is 17.4 Å². The quantitative estimate of drug-likeness (QED) is 0.896. The number of rotatable bonds is 4. The zero-order valence-corrected chi connectivity index (χ0v) is 12.9. The molecule has 1 aromatic rings. The second-order valence-corrected chi connectivity index (χ2v) is 6.24. The Kier molecular flexibility index (Phi) is 4.19. The lowest BCUT2D eigenvalue weighted by atomic mass is 9.62. The van der Waals surface area contributed by atoms with Crippen LogP contribution < -0.4 is 11.1 Å². The first kappa shape index (κ1) is 15.4. The Morgan fingerprint density at radius 2 is 2.09 bits per heavy atom. The molecule has 3 N–H and O–H groups in total. The molecule has 0 aromatic heterocycles. The van der Waals surface area contributed by atoms with Gasteiger partial charge in [-0.2, -0.15) is 0 Å². The van der Waals surface area contributed by atoms with Crippen LogP contribution in [0.3, 0.4) is 0 Å². The number of benzene rings is 1. The van der Waals surface area contributed by atoms with Crippen LogP contribution in [0, 0.1) is 17.7 Å². The smallest absolute Gasteiger partial charge is 0.251 e. The monoisotopic (exact) mass is 306 g/mol. The highest BCUT2D eigenvalue weighted by molar-refractivity contribution is 5.93. The minimum absolute atomic E-state index is 0.0480. The lowest BCUT2D eigenvalue weighted by Gasteiger charge is -2.53. The summed E-state index contributed by atoms with van der Waals surface area (Å²) >= 11 is 0. The maximum Gasteiger partial charge on any atom is 0.251 e. The summed E-state index contributed by atoms with van der Waals surface area (Å²) in [6, 6.07) is 4.91. The molecular weight excluding hydrogens is 283 g/mol. The first-order valence-electron chi connectivity index (χ1n) is 8.04. The van der Waals surface area contributed by atoms with E-state index in [2.05, 4.69) is 5.32 Å². The van der Waals surface area contributed by atoms with Crippen LogP contribution >= 0.6 is 0 Å². The highest BCUT2D eigenvalue weighted by atomic mass is 19.1. The number of fused-ring (bicyclic) bond motifs is 2. The zero-order chi connectivity index (χ0) is 15.7. The van der Waals surface area contributed by atoms with Gasteiger partial charge in [-0.1, -0.05) is 18.6 Å². The first-order chi connectivity index (χ1) is 10.6. The fourth-order valence-corrected chi connectivity index (χ4v) is 4.33. The number of hydrogen-bond donors (Lipinski definition) is 2. The number of carbonyl (C=O) groups is 1. The van der Waals surface area contributed by atoms with Gasteiger partial charge in [0.1, 0.15) is 11.4 Å². The van der Waals surface area contributed by atoms with Crippen LogP contribution in [0.5, 0.6) is 0 Å². The lowest BCUT2D eigenvalue weighted by molar-refractivity contribution is -0.163. The van der Waals surface area contributed by atoms with Crippen molar-refractivity contribution in [3.05, 3.63) is 35.1 Å². The number of carbonyl (C=O) groups excluding carboxylic acids is 1. The molecule has 1 saturated carbocycles. The number of nitrogens with two attached hydrogens (primary N) is 1. The molecule has 0 radical (unpaired) electrons. The average Bonchev–Trinajstić information content (AvgIpc) is 2.46. The van der Waals surface area contributed by atoms with Crippen LogP contribution in [0.2, 0.25) is 0 Å². The van der Waals surface area contributed by atoms with Crippen LogP contribution in [0.4, 0.5) is 4.39 Å². The Bertz CT molecular complexity index is 554. The van der Waals surface area contributed by atoms with Crippen LogP contribution in [-0.2, 0) is 10.3 Å². The van der Waals surface area contributed by atoms with E-state index >= 15 is 0 Å². The molecule has 2 aliphatic rings. The maximum absolute atomic E-state index is 15.0. The van der Waals surface area contributed by atoms with Gasteiger partial charge in [-0.25, -0.2) is 4.39 Å². The summed E-state index contributed by atoms with van der Waals surface area (Å²) in [5.41, 5.74) is 5.12. The normalized spacial score (nSPS) is 31.0. The maximum atomic E-state index is 15.0. The summed E-state index contributed by atoms with van der Waals surface area (Å²) in [6.07, 6.45) is 3.15. The standard InChI is InChI=1S/C17H23FN2O2/c1-2-22-17(11-5-3-6-12(17)10-20-9-11)14-8-4-7-13(15(14)18)16(19)21/h4,7-8,11-12,20H,2-3,5-6,9-10H2,1H3,(H2,19,21). The Labute approximate surface area is 130 Å². The second-order valence-electron chi connectivity index (χ2n) is 6.24. The molecule has 1 saturated heterocycles. The molecular formula is C17H23FN2O2. The van der Waals surface area contributed by atoms with E-state index < -0.39 is 17.3 Å². The van der Waals surface area contributed by atoms with E-state index in [0.29, 0.717) is 12.2 Å². The molecule has 120 valence electrons. The molecule has 1 amide bonds. The van der Waals surface area contributed by atoms with Gasteiger partial charge in [0.25, 0.3) is 5.91 Å². The van der Waals surface area contributed by atoms with Gasteiger partial charge in [0.05, 0.1) is 5.56 Å². The minimum Gasteiger partial charge on any atom is -0.370 e. The highest BCUT2D eigenvalue weighted by Gasteiger charge is 2.53. The van der Waals surface area contributed by atoms with E-state index in [4.69, 9.17) is 10.5 Å². The molecule has 22 heavy (non-hydrogen) atoms. The minimum atomic E-state index is -0.731. The summed E-state index contributed by atoms with van der Waals surface area (Å²) in [4.78, 5) is 11.5.